The quantitative estimate of drug-likeness (QED) is 0.304. The van der Waals surface area contributed by atoms with Crippen LogP contribution in [0.4, 0.5) is 10.2 Å². The second kappa shape index (κ2) is 7.44. The number of nitrogens with two attached hydrogens (primary N) is 1. The van der Waals surface area contributed by atoms with E-state index in [-0.39, 0.29) is 0 Å². The van der Waals surface area contributed by atoms with E-state index in [4.69, 9.17) is 10.8 Å². The molecule has 0 aliphatic carbocycles. The lowest BCUT2D eigenvalue weighted by molar-refractivity contribution is 0.0796. The Morgan fingerprint density at radius 3 is 2.71 bits per heavy atom. The first kappa shape index (κ1) is 19.7. The van der Waals surface area contributed by atoms with Crippen LogP contribution in [0.2, 0.25) is 0 Å². The van der Waals surface area contributed by atoms with Crippen LogP contribution in [-0.4, -0.2) is 70.5 Å². The summed E-state index contributed by atoms with van der Waals surface area (Å²) in [5.41, 5.74) is 2.86. The van der Waals surface area contributed by atoms with Gasteiger partial charge in [-0.25, -0.2) is 20.2 Å². The molecule has 3 aromatic heterocycles. The molecule has 1 aromatic carbocycles. The molecule has 1 amide bonds. The fourth-order valence-electron chi connectivity index (χ4n) is 4.24. The maximum Gasteiger partial charge on any atom is 0.271 e. The second-order valence-corrected chi connectivity index (χ2v) is 8.08. The van der Waals surface area contributed by atoms with Gasteiger partial charge in [-0.05, 0) is 44.3 Å². The van der Waals surface area contributed by atoms with E-state index in [1.165, 1.54) is 13.1 Å². The number of halogens is 1. The summed E-state index contributed by atoms with van der Waals surface area (Å²) in [6, 6.07) is 10.7. The molecule has 0 unspecified atom stereocenters. The topological polar surface area (TPSA) is 83.0 Å². The van der Waals surface area contributed by atoms with Crippen LogP contribution in [0.1, 0.15) is 16.8 Å². The highest BCUT2D eigenvalue weighted by molar-refractivity contribution is 6.05. The zero-order chi connectivity index (χ0) is 21.7. The predicted octanol–water partition coefficient (Wildman–Crippen LogP) is 2.26. The van der Waals surface area contributed by atoms with Gasteiger partial charge in [0.2, 0.25) is 0 Å². The normalized spacial score (nSPS) is 15.7. The lowest BCUT2D eigenvalue weighted by Gasteiger charge is -2.23. The Kier molecular flexibility index (Phi) is 4.71. The first-order valence-corrected chi connectivity index (χ1v) is 10.3. The van der Waals surface area contributed by atoms with E-state index in [0.29, 0.717) is 34.6 Å². The molecular formula is C22H24FN7O. The molecule has 4 heterocycles. The first-order chi connectivity index (χ1) is 14.9. The molecule has 0 spiro atoms. The van der Waals surface area contributed by atoms with Crippen LogP contribution in [-0.2, 0) is 0 Å². The van der Waals surface area contributed by atoms with Crippen molar-refractivity contribution in [1.29, 1.82) is 0 Å². The Morgan fingerprint density at radius 1 is 1.10 bits per heavy atom. The van der Waals surface area contributed by atoms with Gasteiger partial charge in [-0.1, -0.05) is 12.1 Å². The summed E-state index contributed by atoms with van der Waals surface area (Å²) in [5.74, 6) is 5.25. The molecule has 4 aromatic rings. The number of nitrogens with zero attached hydrogens (tertiary/aromatic N) is 6. The molecule has 1 fully saturated rings. The van der Waals surface area contributed by atoms with E-state index >= 15 is 4.39 Å². The Morgan fingerprint density at radius 2 is 1.90 bits per heavy atom. The monoisotopic (exact) mass is 421 g/mol. The number of carbonyl (C=O) groups is 1. The standard InChI is InChI=1S/C22H24FN7O/c1-27-8-5-9-29(11-10-27)21-16(23)13-14-12-15(22(31)28(2)24)20-25-17-6-3-4-7-18(17)30(20)19(14)26-21/h3-4,6-7,12-13H,5,8-11,24H2,1-2H3. The minimum Gasteiger partial charge on any atom is -0.353 e. The van der Waals surface area contributed by atoms with Crippen LogP contribution in [0.3, 0.4) is 0 Å². The van der Waals surface area contributed by atoms with Crippen molar-refractivity contribution in [2.24, 2.45) is 5.84 Å². The summed E-state index contributed by atoms with van der Waals surface area (Å²) in [6.45, 7) is 3.26. The molecule has 0 radical (unpaired) electrons. The van der Waals surface area contributed by atoms with Crippen molar-refractivity contribution in [3.8, 4) is 0 Å². The number of benzene rings is 1. The lowest BCUT2D eigenvalue weighted by Crippen LogP contribution is -2.33. The molecule has 1 saturated heterocycles. The van der Waals surface area contributed by atoms with Crippen LogP contribution in [0.5, 0.6) is 0 Å². The Labute approximate surface area is 178 Å². The summed E-state index contributed by atoms with van der Waals surface area (Å²) in [6.07, 6.45) is 0.940. The van der Waals surface area contributed by atoms with Crippen molar-refractivity contribution < 1.29 is 9.18 Å². The van der Waals surface area contributed by atoms with Gasteiger partial charge < -0.3 is 9.80 Å². The molecule has 0 bridgehead atoms. The van der Waals surface area contributed by atoms with Crippen molar-refractivity contribution in [3.05, 3.63) is 47.8 Å². The number of likely N-dealkylation sites (N-methyl/N-ethyl adjacent to an activating group) is 1. The number of hydrogen-bond donors (Lipinski definition) is 1. The summed E-state index contributed by atoms with van der Waals surface area (Å²) in [5, 5.41) is 1.53. The number of rotatable bonds is 2. The number of pyridine rings is 2. The average molecular weight is 421 g/mol. The van der Waals surface area contributed by atoms with Gasteiger partial charge in [-0.3, -0.25) is 14.2 Å². The van der Waals surface area contributed by atoms with Crippen molar-refractivity contribution in [3.63, 3.8) is 0 Å². The van der Waals surface area contributed by atoms with Gasteiger partial charge >= 0.3 is 0 Å². The van der Waals surface area contributed by atoms with Gasteiger partial charge in [0.25, 0.3) is 5.91 Å². The van der Waals surface area contributed by atoms with E-state index in [9.17, 15) is 4.79 Å². The number of hydrazine groups is 1. The van der Waals surface area contributed by atoms with E-state index in [1.54, 1.807) is 6.07 Å². The van der Waals surface area contributed by atoms with Gasteiger partial charge in [0.05, 0.1) is 16.6 Å². The highest BCUT2D eigenvalue weighted by Crippen LogP contribution is 2.29. The molecule has 9 heteroatoms. The van der Waals surface area contributed by atoms with Crippen LogP contribution in [0.15, 0.2) is 36.4 Å². The number of hydrogen-bond acceptors (Lipinski definition) is 6. The van der Waals surface area contributed by atoms with Crippen molar-refractivity contribution in [2.45, 2.75) is 6.42 Å². The number of carbonyl (C=O) groups excluding carboxylic acids is 1. The molecule has 1 aliphatic rings. The van der Waals surface area contributed by atoms with E-state index in [1.807, 2.05) is 33.6 Å². The second-order valence-electron chi connectivity index (χ2n) is 8.08. The lowest BCUT2D eigenvalue weighted by atomic mass is 10.1. The molecule has 0 atom stereocenters. The maximum absolute atomic E-state index is 15.2. The van der Waals surface area contributed by atoms with Crippen molar-refractivity contribution in [1.82, 2.24) is 24.3 Å². The smallest absolute Gasteiger partial charge is 0.271 e. The van der Waals surface area contributed by atoms with E-state index in [2.05, 4.69) is 16.9 Å². The first-order valence-electron chi connectivity index (χ1n) is 10.3. The van der Waals surface area contributed by atoms with Crippen molar-refractivity contribution >= 4 is 39.4 Å². The SMILES string of the molecule is CN1CCCN(c2nc3c(cc2F)cc(C(=O)N(C)N)c2nc4ccccc4n23)CC1. The molecule has 31 heavy (non-hydrogen) atoms. The van der Waals surface area contributed by atoms with Gasteiger partial charge in [0.15, 0.2) is 17.3 Å². The Bertz CT molecular complexity index is 1320. The molecule has 2 N–H and O–H groups in total. The molecule has 5 rings (SSSR count). The van der Waals surface area contributed by atoms with Crippen molar-refractivity contribution in [2.75, 3.05) is 45.2 Å². The summed E-state index contributed by atoms with van der Waals surface area (Å²) in [4.78, 5) is 26.4. The third-order valence-corrected chi connectivity index (χ3v) is 5.85. The third kappa shape index (κ3) is 3.26. The van der Waals surface area contributed by atoms with Crippen LogP contribution in [0, 0.1) is 5.82 Å². The van der Waals surface area contributed by atoms with E-state index < -0.39 is 11.7 Å². The average Bonchev–Trinajstić information content (AvgIpc) is 3.01. The van der Waals surface area contributed by atoms with Gasteiger partial charge in [0.1, 0.15) is 5.65 Å². The minimum atomic E-state index is -0.402. The number of fused-ring (bicyclic) bond motifs is 5. The minimum absolute atomic E-state index is 0.305. The fourth-order valence-corrected chi connectivity index (χ4v) is 4.24. The number of amides is 1. The Balaban J connectivity index is 1.80. The van der Waals surface area contributed by atoms with E-state index in [0.717, 1.165) is 42.1 Å². The highest BCUT2D eigenvalue weighted by Gasteiger charge is 2.23. The molecule has 160 valence electrons. The van der Waals surface area contributed by atoms with Gasteiger partial charge in [0, 0.05) is 32.1 Å². The number of anilines is 1. The van der Waals surface area contributed by atoms with Crippen LogP contribution in [0.25, 0.3) is 27.7 Å². The molecule has 0 saturated carbocycles. The zero-order valence-electron chi connectivity index (χ0n) is 17.5. The molecular weight excluding hydrogens is 397 g/mol. The fraction of sp³-hybridized carbons (Fsp3) is 0.318. The van der Waals surface area contributed by atoms with Crippen LogP contribution >= 0.6 is 0 Å². The van der Waals surface area contributed by atoms with Gasteiger partial charge in [-0.2, -0.15) is 0 Å². The summed E-state index contributed by atoms with van der Waals surface area (Å²) in [7, 11) is 3.55. The third-order valence-electron chi connectivity index (χ3n) is 5.85. The maximum atomic E-state index is 15.2. The summed E-state index contributed by atoms with van der Waals surface area (Å²) < 4.78 is 17.0. The van der Waals surface area contributed by atoms with Crippen LogP contribution < -0.4 is 10.7 Å². The molecule has 1 aliphatic heterocycles. The van der Waals surface area contributed by atoms with Gasteiger partial charge in [-0.15, -0.1) is 0 Å². The molecule has 8 nitrogen and oxygen atoms in total. The zero-order valence-corrected chi connectivity index (χ0v) is 17.5. The number of aromatic nitrogens is 3. The summed E-state index contributed by atoms with van der Waals surface area (Å²) >= 11 is 0. The highest BCUT2D eigenvalue weighted by atomic mass is 19.1. The number of para-hydroxylation sites is 2. The largest absolute Gasteiger partial charge is 0.353 e. The number of imidazole rings is 1. The predicted molar refractivity (Wildman–Crippen MR) is 119 cm³/mol. The Hall–Kier alpha value is -3.30.